The molecule has 1 heterocycles. The van der Waals surface area contributed by atoms with Crippen LogP contribution in [0.15, 0.2) is 34.9 Å². The van der Waals surface area contributed by atoms with E-state index in [9.17, 15) is 25.0 Å². The zero-order chi connectivity index (χ0) is 19.8. The Morgan fingerprint density at radius 3 is 2.96 bits per heavy atom. The maximum atomic E-state index is 12.1. The van der Waals surface area contributed by atoms with Crippen molar-refractivity contribution in [3.8, 4) is 6.07 Å². The summed E-state index contributed by atoms with van der Waals surface area (Å²) >= 11 is 1.03. The molecule has 0 bridgehead atoms. The number of thioether (sulfide) groups is 1. The Balaban J connectivity index is 2.21. The van der Waals surface area contributed by atoms with Crippen LogP contribution in [0.3, 0.4) is 0 Å². The van der Waals surface area contributed by atoms with E-state index in [0.717, 1.165) is 24.6 Å². The van der Waals surface area contributed by atoms with Gasteiger partial charge in [0, 0.05) is 24.5 Å². The van der Waals surface area contributed by atoms with E-state index >= 15 is 0 Å². The van der Waals surface area contributed by atoms with Crippen molar-refractivity contribution in [2.75, 3.05) is 12.4 Å². The number of hydrogen-bond acceptors (Lipinski definition) is 7. The number of esters is 1. The molecule has 0 saturated carbocycles. The fraction of sp³-hybridized carbons (Fsp3) is 0.389. The standard InChI is InChI=1S/C18H19N3O5S/c1-2-3-7-26-17(23)11-27-18-15(10-19)14(9-16(22)20-18)12-5-4-6-13(8-12)21(24)25/h4-6,8,14H,2-3,7,9,11H2,1H3,(H,20,22)/t14-/m1/s1. The first-order valence-corrected chi connectivity index (χ1v) is 9.41. The zero-order valence-electron chi connectivity index (χ0n) is 14.8. The maximum absolute atomic E-state index is 12.1. The number of amides is 1. The first-order chi connectivity index (χ1) is 13.0. The third-order valence-corrected chi connectivity index (χ3v) is 4.93. The van der Waals surface area contributed by atoms with Crippen molar-refractivity contribution in [1.82, 2.24) is 5.32 Å². The van der Waals surface area contributed by atoms with Crippen molar-refractivity contribution < 1.29 is 19.2 Å². The van der Waals surface area contributed by atoms with Crippen molar-refractivity contribution in [2.24, 2.45) is 0 Å². The normalized spacial score (nSPS) is 16.4. The van der Waals surface area contributed by atoms with Crippen LogP contribution in [0.4, 0.5) is 5.69 Å². The van der Waals surface area contributed by atoms with Gasteiger partial charge in [-0.15, -0.1) is 0 Å². The molecule has 0 saturated heterocycles. The molecule has 8 nitrogen and oxygen atoms in total. The van der Waals surface area contributed by atoms with Gasteiger partial charge in [0.1, 0.15) is 0 Å². The van der Waals surface area contributed by atoms with Gasteiger partial charge in [-0.25, -0.2) is 0 Å². The van der Waals surface area contributed by atoms with Crippen LogP contribution in [-0.4, -0.2) is 29.2 Å². The molecular formula is C18H19N3O5S. The van der Waals surface area contributed by atoms with Crippen LogP contribution in [0.1, 0.15) is 37.7 Å². The number of unbranched alkanes of at least 4 members (excludes halogenated alkanes) is 1. The van der Waals surface area contributed by atoms with Gasteiger partial charge >= 0.3 is 5.97 Å². The van der Waals surface area contributed by atoms with Gasteiger partial charge in [-0.2, -0.15) is 5.26 Å². The minimum Gasteiger partial charge on any atom is -0.465 e. The van der Waals surface area contributed by atoms with Crippen LogP contribution in [0.2, 0.25) is 0 Å². The Bertz CT molecular complexity index is 815. The Kier molecular flexibility index (Phi) is 7.37. The summed E-state index contributed by atoms with van der Waals surface area (Å²) in [5.74, 6) is -1.37. The van der Waals surface area contributed by atoms with Gasteiger partial charge in [-0.05, 0) is 12.0 Å². The third-order valence-electron chi connectivity index (χ3n) is 3.93. The SMILES string of the molecule is CCCCOC(=O)CSC1=C(C#N)[C@@H](c2cccc([N+](=O)[O-])c2)CC(=O)N1. The highest BCUT2D eigenvalue weighted by molar-refractivity contribution is 8.03. The van der Waals surface area contributed by atoms with E-state index < -0.39 is 16.8 Å². The second-order valence-corrected chi connectivity index (χ2v) is 6.86. The largest absolute Gasteiger partial charge is 0.465 e. The summed E-state index contributed by atoms with van der Waals surface area (Å²) < 4.78 is 5.07. The second kappa shape index (κ2) is 9.73. The van der Waals surface area contributed by atoms with E-state index in [1.165, 1.54) is 18.2 Å². The average molecular weight is 389 g/mol. The minimum absolute atomic E-state index is 0.00900. The predicted molar refractivity (Wildman–Crippen MR) is 99.6 cm³/mol. The Morgan fingerprint density at radius 1 is 1.52 bits per heavy atom. The fourth-order valence-electron chi connectivity index (χ4n) is 2.58. The first-order valence-electron chi connectivity index (χ1n) is 8.43. The van der Waals surface area contributed by atoms with Gasteiger partial charge in [0.15, 0.2) is 0 Å². The number of carbonyl (C=O) groups is 2. The molecule has 1 aromatic rings. The molecule has 27 heavy (non-hydrogen) atoms. The Hall–Kier alpha value is -2.86. The molecule has 1 N–H and O–H groups in total. The second-order valence-electron chi connectivity index (χ2n) is 5.87. The number of nitro groups is 1. The smallest absolute Gasteiger partial charge is 0.316 e. The van der Waals surface area contributed by atoms with Gasteiger partial charge in [0.25, 0.3) is 5.69 Å². The van der Waals surface area contributed by atoms with Crippen LogP contribution in [0.5, 0.6) is 0 Å². The number of nitrogens with one attached hydrogen (secondary N) is 1. The van der Waals surface area contributed by atoms with Crippen LogP contribution >= 0.6 is 11.8 Å². The summed E-state index contributed by atoms with van der Waals surface area (Å²) in [6.45, 7) is 2.32. The molecule has 1 aromatic carbocycles. The number of hydrogen-bond donors (Lipinski definition) is 1. The molecule has 0 fully saturated rings. The monoisotopic (exact) mass is 389 g/mol. The van der Waals surface area contributed by atoms with Gasteiger partial charge in [-0.3, -0.25) is 19.7 Å². The van der Waals surface area contributed by atoms with Gasteiger partial charge in [0.2, 0.25) is 5.91 Å². The minimum atomic E-state index is -0.595. The Labute approximate surface area is 160 Å². The number of allylic oxidation sites excluding steroid dienone is 1. The number of rotatable bonds is 8. The van der Waals surface area contributed by atoms with Gasteiger partial charge in [-0.1, -0.05) is 37.2 Å². The molecule has 0 unspecified atom stereocenters. The molecular weight excluding hydrogens is 370 g/mol. The molecule has 0 radical (unpaired) electrons. The lowest BCUT2D eigenvalue weighted by Crippen LogP contribution is -2.31. The van der Waals surface area contributed by atoms with Gasteiger partial charge < -0.3 is 10.1 Å². The molecule has 0 aliphatic carbocycles. The Morgan fingerprint density at radius 2 is 2.30 bits per heavy atom. The van der Waals surface area contributed by atoms with Crippen LogP contribution in [-0.2, 0) is 14.3 Å². The summed E-state index contributed by atoms with van der Waals surface area (Å²) in [5, 5.41) is 23.5. The average Bonchev–Trinajstić information content (AvgIpc) is 2.66. The number of ether oxygens (including phenoxy) is 1. The highest BCUT2D eigenvalue weighted by Gasteiger charge is 2.30. The highest BCUT2D eigenvalue weighted by Crippen LogP contribution is 2.36. The quantitative estimate of drug-likeness (QED) is 0.314. The molecule has 1 aliphatic heterocycles. The van der Waals surface area contributed by atoms with E-state index in [0.29, 0.717) is 12.2 Å². The maximum Gasteiger partial charge on any atom is 0.316 e. The van der Waals surface area contributed by atoms with Crippen molar-refractivity contribution in [3.05, 3.63) is 50.5 Å². The number of benzene rings is 1. The van der Waals surface area contributed by atoms with Crippen molar-refractivity contribution in [3.63, 3.8) is 0 Å². The van der Waals surface area contributed by atoms with Crippen molar-refractivity contribution in [2.45, 2.75) is 32.1 Å². The number of carbonyl (C=O) groups excluding carboxylic acids is 2. The number of nitriles is 1. The van der Waals surface area contributed by atoms with Crippen LogP contribution < -0.4 is 5.32 Å². The number of nitro benzene ring substituents is 1. The van der Waals surface area contributed by atoms with E-state index in [1.54, 1.807) is 6.07 Å². The lowest BCUT2D eigenvalue weighted by molar-refractivity contribution is -0.384. The van der Waals surface area contributed by atoms with Crippen molar-refractivity contribution in [1.29, 1.82) is 5.26 Å². The molecule has 0 spiro atoms. The van der Waals surface area contributed by atoms with Crippen LogP contribution in [0.25, 0.3) is 0 Å². The van der Waals surface area contributed by atoms with E-state index in [2.05, 4.69) is 11.4 Å². The lowest BCUT2D eigenvalue weighted by atomic mass is 9.87. The first kappa shape index (κ1) is 20.5. The summed E-state index contributed by atoms with van der Waals surface area (Å²) in [5.41, 5.74) is 0.685. The number of non-ortho nitro benzene ring substituents is 1. The summed E-state index contributed by atoms with van der Waals surface area (Å²) in [6.07, 6.45) is 1.69. The topological polar surface area (TPSA) is 122 Å². The molecule has 1 atom stereocenters. The molecule has 1 aliphatic rings. The van der Waals surface area contributed by atoms with E-state index in [1.807, 2.05) is 6.92 Å². The molecule has 9 heteroatoms. The van der Waals surface area contributed by atoms with E-state index in [-0.39, 0.29) is 34.4 Å². The molecule has 0 aromatic heterocycles. The zero-order valence-corrected chi connectivity index (χ0v) is 15.6. The predicted octanol–water partition coefficient (Wildman–Crippen LogP) is 3.01. The summed E-state index contributed by atoms with van der Waals surface area (Å²) in [4.78, 5) is 34.3. The third kappa shape index (κ3) is 5.56. The summed E-state index contributed by atoms with van der Waals surface area (Å²) in [7, 11) is 0. The highest BCUT2D eigenvalue weighted by atomic mass is 32.2. The molecule has 2 rings (SSSR count). The number of nitrogens with zero attached hydrogens (tertiary/aromatic N) is 2. The van der Waals surface area contributed by atoms with Gasteiger partial charge in [0.05, 0.1) is 34.0 Å². The molecule has 1 amide bonds. The summed E-state index contributed by atoms with van der Waals surface area (Å²) in [6, 6.07) is 7.95. The van der Waals surface area contributed by atoms with E-state index in [4.69, 9.17) is 4.74 Å². The van der Waals surface area contributed by atoms with Crippen LogP contribution in [0, 0.1) is 21.4 Å². The fourth-order valence-corrected chi connectivity index (χ4v) is 3.45. The molecule has 142 valence electrons. The van der Waals surface area contributed by atoms with Crippen molar-refractivity contribution >= 4 is 29.3 Å². The lowest BCUT2D eigenvalue weighted by Gasteiger charge is -2.24.